The lowest BCUT2D eigenvalue weighted by molar-refractivity contribution is -0.300. The predicted molar refractivity (Wildman–Crippen MR) is 70.3 cm³/mol. The Bertz CT molecular complexity index is 661. The summed E-state index contributed by atoms with van der Waals surface area (Å²) in [5.41, 5.74) is -4.22. The average Bonchev–Trinajstić information content (AvgIpc) is 3.28. The van der Waals surface area contributed by atoms with Gasteiger partial charge in [0.1, 0.15) is 0 Å². The fourth-order valence-corrected chi connectivity index (χ4v) is 2.10. The van der Waals surface area contributed by atoms with E-state index in [4.69, 9.17) is 0 Å². The monoisotopic (exact) mass is 387 g/mol. The van der Waals surface area contributed by atoms with E-state index in [-0.39, 0.29) is 5.56 Å². The third kappa shape index (κ3) is 3.54. The van der Waals surface area contributed by atoms with Crippen molar-refractivity contribution in [2.24, 2.45) is 0 Å². The maximum Gasteiger partial charge on any atom is 0.529 e. The topological polar surface area (TPSA) is 64.8 Å². The van der Waals surface area contributed by atoms with E-state index in [0.29, 0.717) is 0 Å². The van der Waals surface area contributed by atoms with Crippen LogP contribution in [0.4, 0.5) is 31.1 Å². The minimum absolute atomic E-state index is 0.0833. The summed E-state index contributed by atoms with van der Waals surface area (Å²) in [5, 5.41) is -0.603. The van der Waals surface area contributed by atoms with Crippen LogP contribution in [-0.2, 0) is 19.1 Å². The van der Waals surface area contributed by atoms with E-state index in [1.807, 2.05) is 0 Å². The van der Waals surface area contributed by atoms with E-state index < -0.39 is 47.7 Å². The number of ether oxygens (including phenoxy) is 2. The molecule has 1 aromatic carbocycles. The molecular weight excluding hydrogens is 376 g/mol. The molecule has 1 aliphatic heterocycles. The molecule has 1 saturated heterocycles. The molecule has 1 heterocycles. The van der Waals surface area contributed by atoms with Gasteiger partial charge in [0.25, 0.3) is 5.54 Å². The molecule has 1 aromatic rings. The number of rotatable bonds is 4. The summed E-state index contributed by atoms with van der Waals surface area (Å²) in [6.45, 7) is -1.64. The Morgan fingerprint density at radius 1 is 1.08 bits per heavy atom. The Balaban J connectivity index is 2.11. The summed E-state index contributed by atoms with van der Waals surface area (Å²) >= 11 is 0. The second kappa shape index (κ2) is 6.67. The van der Waals surface area contributed by atoms with E-state index in [2.05, 4.69) is 14.3 Å². The summed E-state index contributed by atoms with van der Waals surface area (Å²) in [6.07, 6.45) is -15.1. The van der Waals surface area contributed by atoms with Gasteiger partial charge in [-0.2, -0.15) is 26.3 Å². The van der Waals surface area contributed by atoms with Gasteiger partial charge in [-0.1, -0.05) is 30.3 Å². The first-order valence-corrected chi connectivity index (χ1v) is 6.86. The molecular formula is C14H11F6NO5. The van der Waals surface area contributed by atoms with Crippen molar-refractivity contribution in [3.63, 3.8) is 0 Å². The third-order valence-corrected chi connectivity index (χ3v) is 3.55. The number of hydroxylamine groups is 2. The lowest BCUT2D eigenvalue weighted by Gasteiger charge is -2.23. The summed E-state index contributed by atoms with van der Waals surface area (Å²) in [6, 6.07) is 7.16. The molecule has 0 bridgehead atoms. The molecule has 0 spiro atoms. The Kier molecular flexibility index (Phi) is 5.08. The maximum absolute atomic E-state index is 12.7. The highest BCUT2D eigenvalue weighted by molar-refractivity contribution is 5.79. The van der Waals surface area contributed by atoms with Crippen LogP contribution in [0, 0.1) is 0 Å². The number of carbonyl (C=O) groups excluding carboxylic acids is 2. The first kappa shape index (κ1) is 19.8. The molecule has 1 aliphatic rings. The summed E-state index contributed by atoms with van der Waals surface area (Å²) in [7, 11) is 0.954. The van der Waals surface area contributed by atoms with Crippen molar-refractivity contribution in [3.8, 4) is 0 Å². The van der Waals surface area contributed by atoms with Crippen molar-refractivity contribution in [3.05, 3.63) is 35.9 Å². The van der Waals surface area contributed by atoms with Gasteiger partial charge in [0, 0.05) is 5.56 Å². The summed E-state index contributed by atoms with van der Waals surface area (Å²) in [5.74, 6) is -1.10. The molecule has 2 rings (SSSR count). The number of halogens is 6. The van der Waals surface area contributed by atoms with Crippen LogP contribution in [0.1, 0.15) is 11.7 Å². The van der Waals surface area contributed by atoms with Gasteiger partial charge in [-0.05, 0) is 0 Å². The van der Waals surface area contributed by atoms with E-state index in [1.165, 1.54) is 24.3 Å². The van der Waals surface area contributed by atoms with Gasteiger partial charge >= 0.3 is 24.5 Å². The number of benzene rings is 1. The average molecular weight is 387 g/mol. The fraction of sp³-hybridized carbons (Fsp3) is 0.429. The number of hydrogen-bond acceptors (Lipinski definition) is 6. The number of carbonyl (C=O) groups is 2. The van der Waals surface area contributed by atoms with Crippen molar-refractivity contribution >= 4 is 12.1 Å². The Morgan fingerprint density at radius 3 is 2.04 bits per heavy atom. The zero-order valence-electron chi connectivity index (χ0n) is 12.9. The van der Waals surface area contributed by atoms with Crippen molar-refractivity contribution in [1.29, 1.82) is 0 Å². The van der Waals surface area contributed by atoms with Crippen molar-refractivity contribution < 1.29 is 50.2 Å². The minimum atomic E-state index is -5.73. The van der Waals surface area contributed by atoms with E-state index in [1.54, 1.807) is 6.07 Å². The van der Waals surface area contributed by atoms with E-state index >= 15 is 0 Å². The molecule has 0 aliphatic carbocycles. The second-order valence-corrected chi connectivity index (χ2v) is 5.17. The minimum Gasteiger partial charge on any atom is -0.466 e. The molecule has 144 valence electrons. The van der Waals surface area contributed by atoms with Gasteiger partial charge in [0.2, 0.25) is 6.10 Å². The lowest BCUT2D eigenvalue weighted by atomic mass is 10.1. The Labute approximate surface area is 142 Å². The van der Waals surface area contributed by atoms with Gasteiger partial charge in [0.15, 0.2) is 0 Å². The zero-order chi connectivity index (χ0) is 19.8. The number of hydrogen-bond donors (Lipinski definition) is 0. The first-order valence-electron chi connectivity index (χ1n) is 6.86. The van der Waals surface area contributed by atoms with Crippen molar-refractivity contribution in [2.45, 2.75) is 24.0 Å². The van der Waals surface area contributed by atoms with Crippen LogP contribution in [0.3, 0.4) is 0 Å². The third-order valence-electron chi connectivity index (χ3n) is 3.55. The van der Waals surface area contributed by atoms with Gasteiger partial charge in [-0.3, -0.25) is 0 Å². The summed E-state index contributed by atoms with van der Waals surface area (Å²) < 4.78 is 85.3. The number of alkyl halides is 6. The van der Waals surface area contributed by atoms with Gasteiger partial charge in [-0.15, -0.1) is 5.06 Å². The Hall–Kier alpha value is -2.50. The molecule has 26 heavy (non-hydrogen) atoms. The molecule has 2 unspecified atom stereocenters. The molecule has 0 N–H and O–H groups in total. The van der Waals surface area contributed by atoms with Crippen LogP contribution in [0.25, 0.3) is 0 Å². The quantitative estimate of drug-likeness (QED) is 0.449. The lowest BCUT2D eigenvalue weighted by Crippen LogP contribution is -2.50. The SMILES string of the molecule is COC(=O)C(OC(=O)ON1CC1(C(F)(F)F)C(F)(F)F)c1ccccc1. The van der Waals surface area contributed by atoms with Crippen molar-refractivity contribution in [1.82, 2.24) is 5.06 Å². The normalized spacial score (nSPS) is 20.0. The standard InChI is InChI=1S/C14H11F6NO5/c1-24-10(22)9(8-5-3-2-4-6-8)25-11(23)26-21-7-12(21,13(15,16)17)14(18,19)20/h2-6,9H,7H2,1H3. The van der Waals surface area contributed by atoms with Crippen LogP contribution >= 0.6 is 0 Å². The number of nitrogens with zero attached hydrogens (tertiary/aromatic N) is 1. The van der Waals surface area contributed by atoms with E-state index in [9.17, 15) is 35.9 Å². The highest BCUT2D eigenvalue weighted by atomic mass is 19.4. The molecule has 0 amide bonds. The summed E-state index contributed by atoms with van der Waals surface area (Å²) in [4.78, 5) is 27.3. The second-order valence-electron chi connectivity index (χ2n) is 5.17. The molecule has 0 aromatic heterocycles. The Morgan fingerprint density at radius 2 is 1.62 bits per heavy atom. The molecule has 1 fully saturated rings. The van der Waals surface area contributed by atoms with Crippen molar-refractivity contribution in [2.75, 3.05) is 13.7 Å². The maximum atomic E-state index is 12.7. The molecule has 0 radical (unpaired) electrons. The van der Waals surface area contributed by atoms with Gasteiger partial charge < -0.3 is 14.3 Å². The van der Waals surface area contributed by atoms with E-state index in [0.717, 1.165) is 7.11 Å². The van der Waals surface area contributed by atoms with Crippen LogP contribution in [0.2, 0.25) is 0 Å². The fourth-order valence-electron chi connectivity index (χ4n) is 2.10. The van der Waals surface area contributed by atoms with Gasteiger partial charge in [0.05, 0.1) is 13.7 Å². The molecule has 6 nitrogen and oxygen atoms in total. The van der Waals surface area contributed by atoms with Crippen LogP contribution in [0.15, 0.2) is 30.3 Å². The number of esters is 1. The van der Waals surface area contributed by atoms with Crippen LogP contribution in [-0.4, -0.2) is 48.7 Å². The largest absolute Gasteiger partial charge is 0.529 e. The van der Waals surface area contributed by atoms with Crippen LogP contribution < -0.4 is 0 Å². The number of methoxy groups -OCH3 is 1. The molecule has 12 heteroatoms. The van der Waals surface area contributed by atoms with Gasteiger partial charge in [-0.25, -0.2) is 9.59 Å². The molecule has 0 saturated carbocycles. The van der Waals surface area contributed by atoms with Crippen LogP contribution in [0.5, 0.6) is 0 Å². The highest BCUT2D eigenvalue weighted by Crippen LogP contribution is 2.56. The first-order chi connectivity index (χ1) is 11.9. The predicted octanol–water partition coefficient (Wildman–Crippen LogP) is 3.15. The smallest absolute Gasteiger partial charge is 0.466 e. The highest BCUT2D eigenvalue weighted by Gasteiger charge is 2.86. The zero-order valence-corrected chi connectivity index (χ0v) is 12.9. The molecule has 2 atom stereocenters.